The summed E-state index contributed by atoms with van der Waals surface area (Å²) in [6, 6.07) is 2.15. The molecule has 3 aliphatic rings. The molecule has 23 heavy (non-hydrogen) atoms. The monoisotopic (exact) mass is 318 g/mol. The summed E-state index contributed by atoms with van der Waals surface area (Å²) in [7, 11) is 0. The van der Waals surface area contributed by atoms with Crippen LogP contribution in [0.4, 0.5) is 4.39 Å². The SMILES string of the molecule is O=C1NC(O)CC1N1Cc2c(cc(F)cc2C2CCCC2)C1=O. The van der Waals surface area contributed by atoms with E-state index in [2.05, 4.69) is 5.32 Å². The standard InChI is InChI=1S/C17H19FN2O3/c18-10-5-11(9-3-1-2-4-9)13-8-20(17(23)12(13)6-10)14-7-15(21)19-16(14)22/h5-6,9,14-15,21H,1-4,7-8H2,(H,19,22). The Morgan fingerprint density at radius 2 is 1.96 bits per heavy atom. The molecule has 1 aromatic carbocycles. The van der Waals surface area contributed by atoms with Crippen molar-refractivity contribution in [2.75, 3.05) is 0 Å². The number of amides is 2. The van der Waals surface area contributed by atoms with Gasteiger partial charge in [0.15, 0.2) is 0 Å². The fourth-order valence-corrected chi connectivity index (χ4v) is 4.18. The molecule has 2 aliphatic heterocycles. The Bertz CT molecular complexity index is 685. The van der Waals surface area contributed by atoms with Crippen LogP contribution in [0, 0.1) is 5.82 Å². The zero-order valence-electron chi connectivity index (χ0n) is 12.7. The van der Waals surface area contributed by atoms with E-state index in [-0.39, 0.29) is 18.2 Å². The lowest BCUT2D eigenvalue weighted by Gasteiger charge is -2.21. The highest BCUT2D eigenvalue weighted by molar-refractivity contribution is 6.02. The van der Waals surface area contributed by atoms with Gasteiger partial charge in [-0.3, -0.25) is 9.59 Å². The maximum atomic E-state index is 14.0. The predicted molar refractivity (Wildman–Crippen MR) is 80.0 cm³/mol. The van der Waals surface area contributed by atoms with Crippen LogP contribution in [0.3, 0.4) is 0 Å². The van der Waals surface area contributed by atoms with Crippen LogP contribution in [0.5, 0.6) is 0 Å². The number of hydrogen-bond donors (Lipinski definition) is 2. The molecule has 2 N–H and O–H groups in total. The van der Waals surface area contributed by atoms with Crippen LogP contribution in [0.25, 0.3) is 0 Å². The molecule has 2 heterocycles. The Morgan fingerprint density at radius 3 is 2.61 bits per heavy atom. The summed E-state index contributed by atoms with van der Waals surface area (Å²) in [5.41, 5.74) is 2.16. The molecular formula is C17H19FN2O3. The number of fused-ring (bicyclic) bond motifs is 1. The van der Waals surface area contributed by atoms with E-state index in [1.807, 2.05) is 0 Å². The van der Waals surface area contributed by atoms with E-state index in [1.54, 1.807) is 6.07 Å². The van der Waals surface area contributed by atoms with Gasteiger partial charge >= 0.3 is 0 Å². The summed E-state index contributed by atoms with van der Waals surface area (Å²) < 4.78 is 14.0. The minimum Gasteiger partial charge on any atom is -0.374 e. The summed E-state index contributed by atoms with van der Waals surface area (Å²) >= 11 is 0. The maximum absolute atomic E-state index is 14.0. The van der Waals surface area contributed by atoms with Gasteiger partial charge in [0.25, 0.3) is 5.91 Å². The molecule has 4 rings (SSSR count). The van der Waals surface area contributed by atoms with Crippen LogP contribution in [-0.4, -0.2) is 34.1 Å². The summed E-state index contributed by atoms with van der Waals surface area (Å²) in [5.74, 6) is -0.749. The third-order valence-electron chi connectivity index (χ3n) is 5.30. The van der Waals surface area contributed by atoms with Gasteiger partial charge in [0, 0.05) is 18.5 Å². The quantitative estimate of drug-likeness (QED) is 0.871. The summed E-state index contributed by atoms with van der Waals surface area (Å²) in [6.45, 7) is 0.324. The molecule has 1 aliphatic carbocycles. The minimum atomic E-state index is -0.921. The first-order chi connectivity index (χ1) is 11.0. The van der Waals surface area contributed by atoms with E-state index >= 15 is 0 Å². The van der Waals surface area contributed by atoms with E-state index in [0.717, 1.165) is 36.8 Å². The second-order valence-corrected chi connectivity index (χ2v) is 6.71. The molecule has 2 fully saturated rings. The molecule has 1 aromatic rings. The Labute approximate surface area is 133 Å². The van der Waals surface area contributed by atoms with Crippen molar-refractivity contribution >= 4 is 11.8 Å². The van der Waals surface area contributed by atoms with Gasteiger partial charge < -0.3 is 15.3 Å². The number of nitrogens with zero attached hydrogens (tertiary/aromatic N) is 1. The topological polar surface area (TPSA) is 69.6 Å². The molecule has 6 heteroatoms. The van der Waals surface area contributed by atoms with Gasteiger partial charge in [0.05, 0.1) is 0 Å². The Hall–Kier alpha value is -1.95. The number of aliphatic hydroxyl groups is 1. The second kappa shape index (κ2) is 5.30. The van der Waals surface area contributed by atoms with E-state index in [0.29, 0.717) is 18.0 Å². The molecule has 2 atom stereocenters. The predicted octanol–water partition coefficient (Wildman–Crippen LogP) is 1.65. The van der Waals surface area contributed by atoms with Gasteiger partial charge in [0.1, 0.15) is 18.1 Å². The molecule has 0 aromatic heterocycles. The van der Waals surface area contributed by atoms with Crippen molar-refractivity contribution in [3.63, 3.8) is 0 Å². The number of nitrogens with one attached hydrogen (secondary N) is 1. The first kappa shape index (κ1) is 14.6. The van der Waals surface area contributed by atoms with E-state index in [9.17, 15) is 19.1 Å². The zero-order valence-corrected chi connectivity index (χ0v) is 12.7. The third-order valence-corrected chi connectivity index (χ3v) is 5.30. The summed E-state index contributed by atoms with van der Waals surface area (Å²) in [5, 5.41) is 12.0. The van der Waals surface area contributed by atoms with Crippen LogP contribution >= 0.6 is 0 Å². The van der Waals surface area contributed by atoms with E-state index in [4.69, 9.17) is 0 Å². The van der Waals surface area contributed by atoms with Gasteiger partial charge in [-0.2, -0.15) is 0 Å². The summed E-state index contributed by atoms with van der Waals surface area (Å²) in [6.07, 6.45) is 3.56. The Kier molecular flexibility index (Phi) is 3.37. The van der Waals surface area contributed by atoms with E-state index in [1.165, 1.54) is 11.0 Å². The average Bonchev–Trinajstić information content (AvgIpc) is 3.20. The largest absolute Gasteiger partial charge is 0.374 e. The van der Waals surface area contributed by atoms with Crippen molar-refractivity contribution in [1.82, 2.24) is 10.2 Å². The van der Waals surface area contributed by atoms with Crippen LogP contribution in [0.15, 0.2) is 12.1 Å². The smallest absolute Gasteiger partial charge is 0.255 e. The molecule has 1 saturated heterocycles. The number of rotatable bonds is 2. The molecule has 0 spiro atoms. The minimum absolute atomic E-state index is 0.180. The van der Waals surface area contributed by atoms with Gasteiger partial charge in [-0.25, -0.2) is 4.39 Å². The maximum Gasteiger partial charge on any atom is 0.255 e. The number of halogens is 1. The van der Waals surface area contributed by atoms with Crippen LogP contribution in [0.1, 0.15) is 59.5 Å². The lowest BCUT2D eigenvalue weighted by molar-refractivity contribution is -0.123. The molecular weight excluding hydrogens is 299 g/mol. The van der Waals surface area contributed by atoms with Gasteiger partial charge in [-0.05, 0) is 42.0 Å². The van der Waals surface area contributed by atoms with Gasteiger partial charge in [-0.15, -0.1) is 0 Å². The molecule has 0 radical (unpaired) electrons. The van der Waals surface area contributed by atoms with Gasteiger partial charge in [-0.1, -0.05) is 12.8 Å². The van der Waals surface area contributed by atoms with Crippen molar-refractivity contribution in [2.24, 2.45) is 0 Å². The summed E-state index contributed by atoms with van der Waals surface area (Å²) in [4.78, 5) is 26.1. The molecule has 2 amide bonds. The Morgan fingerprint density at radius 1 is 1.22 bits per heavy atom. The van der Waals surface area contributed by atoms with Crippen LogP contribution in [0.2, 0.25) is 0 Å². The van der Waals surface area contributed by atoms with Crippen molar-refractivity contribution < 1.29 is 19.1 Å². The Balaban J connectivity index is 1.70. The molecule has 2 unspecified atom stereocenters. The lowest BCUT2D eigenvalue weighted by Crippen LogP contribution is -2.40. The number of carbonyl (C=O) groups is 2. The van der Waals surface area contributed by atoms with Gasteiger partial charge in [0.2, 0.25) is 5.91 Å². The highest BCUT2D eigenvalue weighted by Gasteiger charge is 2.42. The van der Waals surface area contributed by atoms with Crippen LogP contribution in [-0.2, 0) is 11.3 Å². The number of carbonyl (C=O) groups excluding carboxylic acids is 2. The van der Waals surface area contributed by atoms with Crippen molar-refractivity contribution in [1.29, 1.82) is 0 Å². The van der Waals surface area contributed by atoms with Crippen LogP contribution < -0.4 is 5.32 Å². The number of aliphatic hydroxyl groups excluding tert-OH is 1. The molecule has 122 valence electrons. The fraction of sp³-hybridized carbons (Fsp3) is 0.529. The molecule has 1 saturated carbocycles. The second-order valence-electron chi connectivity index (χ2n) is 6.71. The first-order valence-corrected chi connectivity index (χ1v) is 8.16. The zero-order chi connectivity index (χ0) is 16.1. The molecule has 0 bridgehead atoms. The number of benzene rings is 1. The third kappa shape index (κ3) is 2.32. The normalized spacial score (nSPS) is 27.7. The highest BCUT2D eigenvalue weighted by Crippen LogP contribution is 2.40. The number of hydrogen-bond acceptors (Lipinski definition) is 3. The average molecular weight is 318 g/mol. The van der Waals surface area contributed by atoms with E-state index < -0.39 is 18.1 Å². The first-order valence-electron chi connectivity index (χ1n) is 8.16. The van der Waals surface area contributed by atoms with Crippen molar-refractivity contribution in [3.05, 3.63) is 34.6 Å². The lowest BCUT2D eigenvalue weighted by atomic mass is 9.91. The highest BCUT2D eigenvalue weighted by atomic mass is 19.1. The molecule has 5 nitrogen and oxygen atoms in total. The fourth-order valence-electron chi connectivity index (χ4n) is 4.18. The van der Waals surface area contributed by atoms with Crippen molar-refractivity contribution in [3.8, 4) is 0 Å². The van der Waals surface area contributed by atoms with Crippen molar-refractivity contribution in [2.45, 2.75) is 56.8 Å².